The SMILES string of the molecule is Cc1ccc(C(Cc2c(F)ccc(Br)c2F)NN)s1. The summed E-state index contributed by atoms with van der Waals surface area (Å²) >= 11 is 4.62. The fourth-order valence-electron chi connectivity index (χ4n) is 1.84. The highest BCUT2D eigenvalue weighted by Gasteiger charge is 2.19. The summed E-state index contributed by atoms with van der Waals surface area (Å²) in [6.45, 7) is 1.97. The Morgan fingerprint density at radius 2 is 2.05 bits per heavy atom. The van der Waals surface area contributed by atoms with Crippen molar-refractivity contribution in [2.75, 3.05) is 0 Å². The molecule has 0 radical (unpaired) electrons. The van der Waals surface area contributed by atoms with Crippen LogP contribution in [0, 0.1) is 18.6 Å². The zero-order chi connectivity index (χ0) is 14.0. The maximum absolute atomic E-state index is 13.9. The first-order valence-electron chi connectivity index (χ1n) is 5.67. The predicted octanol–water partition coefficient (Wildman–Crippen LogP) is 3.84. The van der Waals surface area contributed by atoms with Gasteiger partial charge in [0, 0.05) is 15.3 Å². The van der Waals surface area contributed by atoms with Gasteiger partial charge in [0.2, 0.25) is 0 Å². The van der Waals surface area contributed by atoms with Gasteiger partial charge in [0.15, 0.2) is 0 Å². The molecule has 3 N–H and O–H groups in total. The van der Waals surface area contributed by atoms with E-state index in [0.717, 1.165) is 9.75 Å². The zero-order valence-corrected chi connectivity index (χ0v) is 12.6. The van der Waals surface area contributed by atoms with Crippen LogP contribution in [-0.4, -0.2) is 0 Å². The van der Waals surface area contributed by atoms with Gasteiger partial charge in [-0.3, -0.25) is 11.3 Å². The molecule has 0 aliphatic carbocycles. The van der Waals surface area contributed by atoms with Crippen LogP contribution in [0.1, 0.15) is 21.4 Å². The van der Waals surface area contributed by atoms with E-state index in [4.69, 9.17) is 5.84 Å². The average molecular weight is 347 g/mol. The van der Waals surface area contributed by atoms with Crippen LogP contribution in [0.25, 0.3) is 0 Å². The Balaban J connectivity index is 2.31. The van der Waals surface area contributed by atoms with Crippen molar-refractivity contribution in [3.05, 3.63) is 55.7 Å². The summed E-state index contributed by atoms with van der Waals surface area (Å²) in [6.07, 6.45) is 0.160. The quantitative estimate of drug-likeness (QED) is 0.501. The van der Waals surface area contributed by atoms with Crippen molar-refractivity contribution in [3.8, 4) is 0 Å². The number of nitrogens with one attached hydrogen (secondary N) is 1. The Hall–Kier alpha value is -0.820. The van der Waals surface area contributed by atoms with Crippen LogP contribution in [-0.2, 0) is 6.42 Å². The van der Waals surface area contributed by atoms with E-state index < -0.39 is 11.6 Å². The Kier molecular flexibility index (Phi) is 4.67. The van der Waals surface area contributed by atoms with E-state index in [1.807, 2.05) is 19.1 Å². The zero-order valence-electron chi connectivity index (χ0n) is 10.2. The molecular weight excluding hydrogens is 334 g/mol. The number of benzene rings is 1. The van der Waals surface area contributed by atoms with Gasteiger partial charge in [-0.15, -0.1) is 11.3 Å². The third-order valence-electron chi connectivity index (χ3n) is 2.85. The third-order valence-corrected chi connectivity index (χ3v) is 4.58. The number of hydrogen-bond acceptors (Lipinski definition) is 3. The van der Waals surface area contributed by atoms with Crippen molar-refractivity contribution in [1.29, 1.82) is 0 Å². The number of hydrogen-bond donors (Lipinski definition) is 2. The molecule has 0 aliphatic heterocycles. The second kappa shape index (κ2) is 6.09. The maximum atomic E-state index is 13.9. The highest BCUT2D eigenvalue weighted by Crippen LogP contribution is 2.29. The minimum absolute atomic E-state index is 0.0309. The smallest absolute Gasteiger partial charge is 0.143 e. The summed E-state index contributed by atoms with van der Waals surface area (Å²) in [7, 11) is 0. The van der Waals surface area contributed by atoms with Crippen LogP contribution in [0.5, 0.6) is 0 Å². The molecule has 102 valence electrons. The van der Waals surface area contributed by atoms with E-state index >= 15 is 0 Å². The molecule has 0 saturated heterocycles. The molecule has 0 saturated carbocycles. The van der Waals surface area contributed by atoms with Gasteiger partial charge in [0.1, 0.15) is 11.6 Å². The molecular formula is C13H13BrF2N2S. The molecule has 6 heteroatoms. The van der Waals surface area contributed by atoms with Crippen LogP contribution >= 0.6 is 27.3 Å². The average Bonchev–Trinajstić information content (AvgIpc) is 2.81. The van der Waals surface area contributed by atoms with E-state index in [1.165, 1.54) is 12.1 Å². The van der Waals surface area contributed by atoms with Gasteiger partial charge in [-0.25, -0.2) is 8.78 Å². The molecule has 0 amide bonds. The Morgan fingerprint density at radius 1 is 1.32 bits per heavy atom. The first-order valence-corrected chi connectivity index (χ1v) is 7.28. The summed E-state index contributed by atoms with van der Waals surface area (Å²) in [6, 6.07) is 6.16. The minimum Gasteiger partial charge on any atom is -0.271 e. The Labute approximate surface area is 122 Å². The number of halogens is 3. The standard InChI is InChI=1S/C13H13BrF2N2S/c1-7-2-5-12(19-7)11(18-17)6-8-10(15)4-3-9(14)13(8)16/h2-5,11,18H,6,17H2,1H3. The lowest BCUT2D eigenvalue weighted by Crippen LogP contribution is -2.29. The molecule has 2 aromatic rings. The van der Waals surface area contributed by atoms with Crippen molar-refractivity contribution in [2.24, 2.45) is 5.84 Å². The van der Waals surface area contributed by atoms with Crippen molar-refractivity contribution >= 4 is 27.3 Å². The van der Waals surface area contributed by atoms with E-state index in [9.17, 15) is 8.78 Å². The van der Waals surface area contributed by atoms with Crippen LogP contribution in [0.4, 0.5) is 8.78 Å². The van der Waals surface area contributed by atoms with Gasteiger partial charge in [0.25, 0.3) is 0 Å². The predicted molar refractivity (Wildman–Crippen MR) is 76.9 cm³/mol. The van der Waals surface area contributed by atoms with Crippen molar-refractivity contribution < 1.29 is 8.78 Å². The maximum Gasteiger partial charge on any atom is 0.143 e. The molecule has 2 nitrogen and oxygen atoms in total. The second-order valence-electron chi connectivity index (χ2n) is 4.19. The number of aryl methyl sites for hydroxylation is 1. The highest BCUT2D eigenvalue weighted by molar-refractivity contribution is 9.10. The monoisotopic (exact) mass is 346 g/mol. The van der Waals surface area contributed by atoms with Crippen LogP contribution < -0.4 is 11.3 Å². The molecule has 0 spiro atoms. The first-order chi connectivity index (χ1) is 9.02. The number of thiophene rings is 1. The topological polar surface area (TPSA) is 38.0 Å². The molecule has 2 rings (SSSR count). The van der Waals surface area contributed by atoms with E-state index in [2.05, 4.69) is 21.4 Å². The number of rotatable bonds is 4. The summed E-state index contributed by atoms with van der Waals surface area (Å²) in [4.78, 5) is 2.09. The van der Waals surface area contributed by atoms with Crippen molar-refractivity contribution in [2.45, 2.75) is 19.4 Å². The van der Waals surface area contributed by atoms with E-state index in [-0.39, 0.29) is 22.5 Å². The Bertz CT molecular complexity index is 586. The lowest BCUT2D eigenvalue weighted by atomic mass is 10.0. The summed E-state index contributed by atoms with van der Waals surface area (Å²) < 4.78 is 27.9. The van der Waals surface area contributed by atoms with Crippen LogP contribution in [0.2, 0.25) is 0 Å². The lowest BCUT2D eigenvalue weighted by Gasteiger charge is -2.15. The number of nitrogens with two attached hydrogens (primary N) is 1. The summed E-state index contributed by atoms with van der Waals surface area (Å²) in [5.74, 6) is 4.36. The van der Waals surface area contributed by atoms with Crippen LogP contribution in [0.15, 0.2) is 28.7 Å². The molecule has 1 unspecified atom stereocenters. The summed E-state index contributed by atoms with van der Waals surface area (Å²) in [5.41, 5.74) is 2.65. The van der Waals surface area contributed by atoms with Gasteiger partial charge in [-0.2, -0.15) is 0 Å². The molecule has 0 fully saturated rings. The van der Waals surface area contributed by atoms with Gasteiger partial charge in [-0.05, 0) is 53.5 Å². The van der Waals surface area contributed by atoms with Gasteiger partial charge in [-0.1, -0.05) is 0 Å². The fraction of sp³-hybridized carbons (Fsp3) is 0.231. The minimum atomic E-state index is -0.575. The molecule has 1 atom stereocenters. The van der Waals surface area contributed by atoms with Crippen LogP contribution in [0.3, 0.4) is 0 Å². The van der Waals surface area contributed by atoms with Crippen molar-refractivity contribution in [3.63, 3.8) is 0 Å². The molecule has 1 heterocycles. The second-order valence-corrected chi connectivity index (χ2v) is 6.37. The molecule has 0 aliphatic rings. The molecule has 0 bridgehead atoms. The fourth-order valence-corrected chi connectivity index (χ4v) is 3.15. The Morgan fingerprint density at radius 3 is 2.63 bits per heavy atom. The number of hydrazine groups is 1. The normalized spacial score (nSPS) is 12.7. The van der Waals surface area contributed by atoms with Crippen molar-refractivity contribution in [1.82, 2.24) is 5.43 Å². The summed E-state index contributed by atoms with van der Waals surface area (Å²) in [5, 5.41) is 0. The first kappa shape index (κ1) is 14.6. The molecule has 1 aromatic heterocycles. The van der Waals surface area contributed by atoms with E-state index in [1.54, 1.807) is 11.3 Å². The molecule has 1 aromatic carbocycles. The highest BCUT2D eigenvalue weighted by atomic mass is 79.9. The van der Waals surface area contributed by atoms with Gasteiger partial charge < -0.3 is 0 Å². The van der Waals surface area contributed by atoms with E-state index in [0.29, 0.717) is 0 Å². The lowest BCUT2D eigenvalue weighted by molar-refractivity contribution is 0.502. The third kappa shape index (κ3) is 3.20. The largest absolute Gasteiger partial charge is 0.271 e. The van der Waals surface area contributed by atoms with Gasteiger partial charge in [0.05, 0.1) is 10.5 Å². The van der Waals surface area contributed by atoms with Gasteiger partial charge >= 0.3 is 0 Å². The molecule has 19 heavy (non-hydrogen) atoms.